The number of benzene rings is 2. The fourth-order valence-corrected chi connectivity index (χ4v) is 2.93. The minimum atomic E-state index is -0.682. The summed E-state index contributed by atoms with van der Waals surface area (Å²) in [5.41, 5.74) is 1.91. The van der Waals surface area contributed by atoms with Gasteiger partial charge in [-0.2, -0.15) is 0 Å². The van der Waals surface area contributed by atoms with E-state index in [-0.39, 0.29) is 18.2 Å². The van der Waals surface area contributed by atoms with E-state index in [1.807, 2.05) is 52.0 Å². The van der Waals surface area contributed by atoms with Gasteiger partial charge in [-0.1, -0.05) is 42.5 Å². The Bertz CT molecular complexity index is 842. The lowest BCUT2D eigenvalue weighted by Gasteiger charge is -2.32. The molecule has 0 aliphatic carbocycles. The van der Waals surface area contributed by atoms with Crippen LogP contribution in [0, 0.1) is 12.7 Å². The molecule has 0 aromatic heterocycles. The molecule has 2 rings (SSSR count). The van der Waals surface area contributed by atoms with Gasteiger partial charge in [0.15, 0.2) is 0 Å². The number of rotatable bonds is 6. The molecule has 0 saturated heterocycles. The Kier molecular flexibility index (Phi) is 6.95. The van der Waals surface area contributed by atoms with Crippen molar-refractivity contribution in [2.24, 2.45) is 0 Å². The Morgan fingerprint density at radius 3 is 2.18 bits per heavy atom. The van der Waals surface area contributed by atoms with Crippen LogP contribution in [0.1, 0.15) is 44.4 Å². The fraction of sp³-hybridized carbons (Fsp3) is 0.391. The molecule has 1 N–H and O–H groups in total. The van der Waals surface area contributed by atoms with Crippen molar-refractivity contribution in [3.05, 3.63) is 71.0 Å². The van der Waals surface area contributed by atoms with Crippen LogP contribution in [0.4, 0.5) is 4.39 Å². The van der Waals surface area contributed by atoms with Crippen LogP contribution < -0.4 is 5.32 Å². The van der Waals surface area contributed by atoms with Gasteiger partial charge < -0.3 is 10.2 Å². The zero-order valence-corrected chi connectivity index (χ0v) is 17.3. The van der Waals surface area contributed by atoms with Crippen molar-refractivity contribution in [1.29, 1.82) is 0 Å². The van der Waals surface area contributed by atoms with Crippen molar-refractivity contribution in [3.8, 4) is 0 Å². The third-order valence-electron chi connectivity index (χ3n) is 4.57. The van der Waals surface area contributed by atoms with E-state index >= 15 is 0 Å². The van der Waals surface area contributed by atoms with Crippen molar-refractivity contribution >= 4 is 11.8 Å². The number of nitrogens with one attached hydrogen (secondary N) is 1. The van der Waals surface area contributed by atoms with Crippen molar-refractivity contribution < 1.29 is 14.0 Å². The number of carbonyl (C=O) groups excluding carboxylic acids is 2. The van der Waals surface area contributed by atoms with Crippen LogP contribution in [0.2, 0.25) is 0 Å². The summed E-state index contributed by atoms with van der Waals surface area (Å²) in [6, 6.07) is 13.3. The van der Waals surface area contributed by atoms with Crippen molar-refractivity contribution in [3.63, 3.8) is 0 Å². The fourth-order valence-electron chi connectivity index (χ4n) is 2.93. The zero-order chi connectivity index (χ0) is 20.9. The Labute approximate surface area is 166 Å². The molecule has 2 aromatic rings. The number of hydrogen-bond acceptors (Lipinski definition) is 2. The molecular weight excluding hydrogens is 355 g/mol. The zero-order valence-electron chi connectivity index (χ0n) is 17.3. The molecule has 0 fully saturated rings. The lowest BCUT2D eigenvalue weighted by molar-refractivity contribution is -0.140. The quantitative estimate of drug-likeness (QED) is 0.818. The molecule has 4 nitrogen and oxygen atoms in total. The Hall–Kier alpha value is -2.69. The molecule has 0 unspecified atom stereocenters. The first kappa shape index (κ1) is 21.6. The lowest BCUT2D eigenvalue weighted by Crippen LogP contribution is -2.52. The van der Waals surface area contributed by atoms with E-state index in [4.69, 9.17) is 0 Å². The Morgan fingerprint density at radius 1 is 1.04 bits per heavy atom. The third kappa shape index (κ3) is 5.91. The molecule has 0 aliphatic rings. The van der Waals surface area contributed by atoms with Gasteiger partial charge in [-0.3, -0.25) is 9.59 Å². The van der Waals surface area contributed by atoms with Crippen molar-refractivity contribution in [1.82, 2.24) is 10.2 Å². The number of nitrogens with zero attached hydrogens (tertiary/aromatic N) is 1. The molecule has 28 heavy (non-hydrogen) atoms. The molecule has 1 atom stereocenters. The second-order valence-electron chi connectivity index (χ2n) is 8.13. The van der Waals surface area contributed by atoms with Crippen LogP contribution in [-0.4, -0.2) is 28.3 Å². The van der Waals surface area contributed by atoms with E-state index in [1.54, 1.807) is 25.1 Å². The number of amides is 2. The third-order valence-corrected chi connectivity index (χ3v) is 4.57. The topological polar surface area (TPSA) is 49.4 Å². The van der Waals surface area contributed by atoms with Gasteiger partial charge in [0.05, 0.1) is 6.42 Å². The van der Waals surface area contributed by atoms with E-state index in [9.17, 15) is 14.0 Å². The summed E-state index contributed by atoms with van der Waals surface area (Å²) < 4.78 is 14.0. The summed E-state index contributed by atoms with van der Waals surface area (Å²) in [5, 5.41) is 2.92. The molecule has 150 valence electrons. The highest BCUT2D eigenvalue weighted by Crippen LogP contribution is 2.17. The molecule has 0 heterocycles. The first-order chi connectivity index (χ1) is 13.1. The largest absolute Gasteiger partial charge is 0.350 e. The van der Waals surface area contributed by atoms with Gasteiger partial charge in [0.1, 0.15) is 11.9 Å². The Morgan fingerprint density at radius 2 is 1.61 bits per heavy atom. The predicted octanol–water partition coefficient (Wildman–Crippen LogP) is 4.01. The van der Waals surface area contributed by atoms with Gasteiger partial charge in [-0.05, 0) is 57.4 Å². The molecule has 0 bridgehead atoms. The van der Waals surface area contributed by atoms with Gasteiger partial charge in [-0.15, -0.1) is 0 Å². The standard InChI is InChI=1S/C23H29FN2O2/c1-16-10-6-7-12-19(16)15-26(17(2)22(28)25-23(3,4)5)21(27)14-18-11-8-9-13-20(18)24/h6-13,17H,14-15H2,1-5H3,(H,25,28)/t17-/m0/s1. The van der Waals surface area contributed by atoms with E-state index in [1.165, 1.54) is 11.0 Å². The maximum atomic E-state index is 14.0. The summed E-state index contributed by atoms with van der Waals surface area (Å²) in [6.07, 6.45) is -0.0916. The molecule has 2 amide bonds. The average Bonchev–Trinajstić information content (AvgIpc) is 2.61. The van der Waals surface area contributed by atoms with Gasteiger partial charge in [0.25, 0.3) is 0 Å². The van der Waals surface area contributed by atoms with Crippen LogP contribution in [-0.2, 0) is 22.6 Å². The van der Waals surface area contributed by atoms with Gasteiger partial charge in [-0.25, -0.2) is 4.39 Å². The highest BCUT2D eigenvalue weighted by Gasteiger charge is 2.29. The first-order valence-corrected chi connectivity index (χ1v) is 9.48. The smallest absolute Gasteiger partial charge is 0.242 e. The SMILES string of the molecule is Cc1ccccc1CN(C(=O)Cc1ccccc1F)[C@@H](C)C(=O)NC(C)(C)C. The first-order valence-electron chi connectivity index (χ1n) is 9.48. The summed E-state index contributed by atoms with van der Waals surface area (Å²) in [5.74, 6) is -0.939. The Balaban J connectivity index is 2.29. The maximum Gasteiger partial charge on any atom is 0.242 e. The molecule has 0 aliphatic heterocycles. The minimum Gasteiger partial charge on any atom is -0.350 e. The van der Waals surface area contributed by atoms with E-state index in [0.29, 0.717) is 12.1 Å². The molecule has 0 radical (unpaired) electrons. The second kappa shape index (κ2) is 9.00. The molecule has 2 aromatic carbocycles. The second-order valence-corrected chi connectivity index (χ2v) is 8.13. The van der Waals surface area contributed by atoms with Crippen LogP contribution >= 0.6 is 0 Å². The van der Waals surface area contributed by atoms with Gasteiger partial charge in [0, 0.05) is 12.1 Å². The summed E-state index contributed by atoms with van der Waals surface area (Å²) in [6.45, 7) is 9.64. The van der Waals surface area contributed by atoms with E-state index < -0.39 is 17.4 Å². The van der Waals surface area contributed by atoms with E-state index in [0.717, 1.165) is 11.1 Å². The maximum absolute atomic E-state index is 14.0. The molecular formula is C23H29FN2O2. The van der Waals surface area contributed by atoms with Crippen LogP contribution in [0.3, 0.4) is 0 Å². The van der Waals surface area contributed by atoms with Crippen LogP contribution in [0.25, 0.3) is 0 Å². The lowest BCUT2D eigenvalue weighted by atomic mass is 10.0. The highest BCUT2D eigenvalue weighted by atomic mass is 19.1. The molecule has 5 heteroatoms. The van der Waals surface area contributed by atoms with E-state index in [2.05, 4.69) is 5.32 Å². The summed E-state index contributed by atoms with van der Waals surface area (Å²) >= 11 is 0. The van der Waals surface area contributed by atoms with Crippen LogP contribution in [0.5, 0.6) is 0 Å². The number of aryl methyl sites for hydroxylation is 1. The monoisotopic (exact) mass is 384 g/mol. The molecule has 0 saturated carbocycles. The summed E-state index contributed by atoms with van der Waals surface area (Å²) in [4.78, 5) is 27.3. The van der Waals surface area contributed by atoms with Gasteiger partial charge in [0.2, 0.25) is 11.8 Å². The number of carbonyl (C=O) groups is 2. The van der Waals surface area contributed by atoms with Gasteiger partial charge >= 0.3 is 0 Å². The highest BCUT2D eigenvalue weighted by molar-refractivity contribution is 5.88. The average molecular weight is 384 g/mol. The van der Waals surface area contributed by atoms with Crippen molar-refractivity contribution in [2.75, 3.05) is 0 Å². The molecule has 0 spiro atoms. The normalized spacial score (nSPS) is 12.4. The summed E-state index contributed by atoms with van der Waals surface area (Å²) in [7, 11) is 0. The van der Waals surface area contributed by atoms with Crippen LogP contribution in [0.15, 0.2) is 48.5 Å². The van der Waals surface area contributed by atoms with Crippen molar-refractivity contribution in [2.45, 2.75) is 59.2 Å². The number of halogens is 1. The minimum absolute atomic E-state index is 0.0916. The predicted molar refractivity (Wildman–Crippen MR) is 109 cm³/mol. The number of hydrogen-bond donors (Lipinski definition) is 1.